The van der Waals surface area contributed by atoms with Crippen molar-refractivity contribution >= 4 is 21.8 Å². The minimum absolute atomic E-state index is 0.0519. The third-order valence-corrected chi connectivity index (χ3v) is 3.77. The average molecular weight is 299 g/mol. The van der Waals surface area contributed by atoms with Crippen molar-refractivity contribution in [3.63, 3.8) is 0 Å². The van der Waals surface area contributed by atoms with Crippen LogP contribution in [-0.2, 0) is 6.54 Å². The number of hydrogen-bond acceptors (Lipinski definition) is 1. The Morgan fingerprint density at radius 2 is 2.35 bits per heavy atom. The van der Waals surface area contributed by atoms with Crippen LogP contribution >= 0.6 is 15.9 Å². The molecule has 0 saturated heterocycles. The van der Waals surface area contributed by atoms with Crippen molar-refractivity contribution in [3.05, 3.63) is 22.4 Å². The highest BCUT2D eigenvalue weighted by Crippen LogP contribution is 2.25. The van der Waals surface area contributed by atoms with E-state index in [-0.39, 0.29) is 5.91 Å². The highest BCUT2D eigenvalue weighted by Gasteiger charge is 2.19. The fourth-order valence-corrected chi connectivity index (χ4v) is 2.58. The molecule has 0 spiro atoms. The standard InChI is InChI=1S/C13H19BrN2O/c1-2-6-16-9-11(14)7-12(16)13(17)15-8-10-4-3-5-10/h7,9-10H,2-6,8H2,1H3,(H,15,17). The Morgan fingerprint density at radius 1 is 1.59 bits per heavy atom. The third-order valence-electron chi connectivity index (χ3n) is 3.34. The smallest absolute Gasteiger partial charge is 0.267 e. The summed E-state index contributed by atoms with van der Waals surface area (Å²) in [5.41, 5.74) is 0.762. The quantitative estimate of drug-likeness (QED) is 0.890. The molecule has 4 heteroatoms. The summed E-state index contributed by atoms with van der Waals surface area (Å²) in [6.07, 6.45) is 6.85. The van der Waals surface area contributed by atoms with Gasteiger partial charge in [0.25, 0.3) is 5.91 Å². The number of aromatic nitrogens is 1. The van der Waals surface area contributed by atoms with E-state index < -0.39 is 0 Å². The summed E-state index contributed by atoms with van der Waals surface area (Å²) in [6, 6.07) is 1.89. The molecule has 0 radical (unpaired) electrons. The number of rotatable bonds is 5. The average Bonchev–Trinajstić information content (AvgIpc) is 2.58. The first kappa shape index (κ1) is 12.7. The van der Waals surface area contributed by atoms with Gasteiger partial charge in [-0.25, -0.2) is 0 Å². The molecule has 2 rings (SSSR count). The van der Waals surface area contributed by atoms with Crippen LogP contribution in [-0.4, -0.2) is 17.0 Å². The number of nitrogens with zero attached hydrogens (tertiary/aromatic N) is 1. The van der Waals surface area contributed by atoms with Crippen LogP contribution in [0.5, 0.6) is 0 Å². The molecule has 1 heterocycles. The zero-order valence-corrected chi connectivity index (χ0v) is 11.8. The van der Waals surface area contributed by atoms with Crippen LogP contribution in [0.1, 0.15) is 43.1 Å². The third kappa shape index (κ3) is 3.12. The number of nitrogens with one attached hydrogen (secondary N) is 1. The summed E-state index contributed by atoms with van der Waals surface area (Å²) < 4.78 is 2.99. The lowest BCUT2D eigenvalue weighted by molar-refractivity contribution is 0.0929. The number of halogens is 1. The lowest BCUT2D eigenvalue weighted by Gasteiger charge is -2.25. The van der Waals surface area contributed by atoms with Gasteiger partial charge in [-0.1, -0.05) is 13.3 Å². The molecule has 1 amide bonds. The van der Waals surface area contributed by atoms with Gasteiger partial charge < -0.3 is 9.88 Å². The highest BCUT2D eigenvalue weighted by molar-refractivity contribution is 9.10. The molecule has 1 aliphatic rings. The fourth-order valence-electron chi connectivity index (χ4n) is 2.12. The van der Waals surface area contributed by atoms with Gasteiger partial charge in [0.1, 0.15) is 5.69 Å². The molecule has 3 nitrogen and oxygen atoms in total. The summed E-state index contributed by atoms with van der Waals surface area (Å²) in [6.45, 7) is 3.83. The number of hydrogen-bond donors (Lipinski definition) is 1. The van der Waals surface area contributed by atoms with Crippen LogP contribution in [0.3, 0.4) is 0 Å². The van der Waals surface area contributed by atoms with E-state index in [0.29, 0.717) is 5.92 Å². The van der Waals surface area contributed by atoms with Gasteiger partial charge in [0.15, 0.2) is 0 Å². The van der Waals surface area contributed by atoms with E-state index in [9.17, 15) is 4.79 Å². The van der Waals surface area contributed by atoms with Crippen molar-refractivity contribution in [2.45, 2.75) is 39.2 Å². The van der Waals surface area contributed by atoms with Crippen LogP contribution in [0.15, 0.2) is 16.7 Å². The highest BCUT2D eigenvalue weighted by atomic mass is 79.9. The monoisotopic (exact) mass is 298 g/mol. The van der Waals surface area contributed by atoms with Gasteiger partial charge in [-0.2, -0.15) is 0 Å². The second-order valence-electron chi connectivity index (χ2n) is 4.74. The lowest BCUT2D eigenvalue weighted by atomic mass is 9.85. The van der Waals surface area contributed by atoms with E-state index in [2.05, 4.69) is 28.2 Å². The Kier molecular flexibility index (Phi) is 4.26. The first-order valence-corrected chi connectivity index (χ1v) is 7.14. The maximum absolute atomic E-state index is 12.0. The van der Waals surface area contributed by atoms with Crippen LogP contribution < -0.4 is 5.32 Å². The van der Waals surface area contributed by atoms with Gasteiger partial charge in [-0.15, -0.1) is 0 Å². The van der Waals surface area contributed by atoms with Crippen LogP contribution in [0, 0.1) is 5.92 Å². The van der Waals surface area contributed by atoms with Crippen LogP contribution in [0.4, 0.5) is 0 Å². The molecule has 0 unspecified atom stereocenters. The molecule has 0 aromatic carbocycles. The molecule has 94 valence electrons. The van der Waals surface area contributed by atoms with Crippen molar-refractivity contribution in [1.29, 1.82) is 0 Å². The molecule has 0 bridgehead atoms. The zero-order valence-electron chi connectivity index (χ0n) is 10.2. The molecule has 1 N–H and O–H groups in total. The summed E-state index contributed by atoms with van der Waals surface area (Å²) >= 11 is 3.43. The SMILES string of the molecule is CCCn1cc(Br)cc1C(=O)NCC1CCC1. The van der Waals surface area contributed by atoms with Crippen LogP contribution in [0.2, 0.25) is 0 Å². The van der Waals surface area contributed by atoms with Crippen LogP contribution in [0.25, 0.3) is 0 Å². The van der Waals surface area contributed by atoms with Crippen molar-refractivity contribution in [1.82, 2.24) is 9.88 Å². The largest absolute Gasteiger partial charge is 0.350 e. The summed E-state index contributed by atoms with van der Waals surface area (Å²) in [4.78, 5) is 12.0. The number of aryl methyl sites for hydroxylation is 1. The van der Waals surface area contributed by atoms with E-state index in [1.54, 1.807) is 0 Å². The van der Waals surface area contributed by atoms with Crippen molar-refractivity contribution in [2.75, 3.05) is 6.54 Å². The van der Waals surface area contributed by atoms with Gasteiger partial charge >= 0.3 is 0 Å². The molecule has 1 aliphatic carbocycles. The lowest BCUT2D eigenvalue weighted by Crippen LogP contribution is -2.33. The maximum atomic E-state index is 12.0. The molecule has 1 saturated carbocycles. The first-order valence-electron chi connectivity index (χ1n) is 6.34. The number of carbonyl (C=O) groups excluding carboxylic acids is 1. The number of carbonyl (C=O) groups is 1. The molecular formula is C13H19BrN2O. The maximum Gasteiger partial charge on any atom is 0.267 e. The summed E-state index contributed by atoms with van der Waals surface area (Å²) in [5.74, 6) is 0.757. The Morgan fingerprint density at radius 3 is 2.94 bits per heavy atom. The Labute approximate surface area is 111 Å². The topological polar surface area (TPSA) is 34.0 Å². The second-order valence-corrected chi connectivity index (χ2v) is 5.66. The summed E-state index contributed by atoms with van der Waals surface area (Å²) in [5, 5.41) is 3.03. The van der Waals surface area contributed by atoms with Gasteiger partial charge in [0.05, 0.1) is 0 Å². The molecule has 0 aliphatic heterocycles. The number of amides is 1. The van der Waals surface area contributed by atoms with E-state index in [0.717, 1.165) is 29.7 Å². The first-order chi connectivity index (χ1) is 8.20. The zero-order chi connectivity index (χ0) is 12.3. The minimum atomic E-state index is 0.0519. The van der Waals surface area contributed by atoms with Crippen molar-refractivity contribution in [2.24, 2.45) is 5.92 Å². The Hall–Kier alpha value is -0.770. The van der Waals surface area contributed by atoms with E-state index in [4.69, 9.17) is 0 Å². The molecule has 1 fully saturated rings. The minimum Gasteiger partial charge on any atom is -0.350 e. The fraction of sp³-hybridized carbons (Fsp3) is 0.615. The van der Waals surface area contributed by atoms with E-state index in [1.165, 1.54) is 19.3 Å². The van der Waals surface area contributed by atoms with E-state index >= 15 is 0 Å². The molecule has 1 aromatic rings. The normalized spacial score (nSPS) is 15.6. The second kappa shape index (κ2) is 5.71. The Bertz CT molecular complexity index is 396. The molecular weight excluding hydrogens is 280 g/mol. The molecule has 1 aromatic heterocycles. The molecule has 17 heavy (non-hydrogen) atoms. The van der Waals surface area contributed by atoms with Crippen molar-refractivity contribution < 1.29 is 4.79 Å². The predicted molar refractivity (Wildman–Crippen MR) is 72.1 cm³/mol. The summed E-state index contributed by atoms with van der Waals surface area (Å²) in [7, 11) is 0. The van der Waals surface area contributed by atoms with Gasteiger partial charge in [-0.3, -0.25) is 4.79 Å². The van der Waals surface area contributed by atoms with Gasteiger partial charge in [-0.05, 0) is 47.2 Å². The van der Waals surface area contributed by atoms with Gasteiger partial charge in [0.2, 0.25) is 0 Å². The van der Waals surface area contributed by atoms with Gasteiger partial charge in [0, 0.05) is 23.8 Å². The predicted octanol–water partition coefficient (Wildman–Crippen LogP) is 3.19. The molecule has 0 atom stereocenters. The van der Waals surface area contributed by atoms with E-state index in [1.807, 2.05) is 16.8 Å². The Balaban J connectivity index is 1.96. The van der Waals surface area contributed by atoms with Crippen molar-refractivity contribution in [3.8, 4) is 0 Å².